The molecule has 0 radical (unpaired) electrons. The predicted molar refractivity (Wildman–Crippen MR) is 130 cm³/mol. The van der Waals surface area contributed by atoms with Crippen molar-refractivity contribution in [1.82, 2.24) is 9.62 Å². The van der Waals surface area contributed by atoms with Crippen molar-refractivity contribution < 1.29 is 13.5 Å². The van der Waals surface area contributed by atoms with E-state index in [-0.39, 0.29) is 12.1 Å². The molecular weight excluding hydrogens is 476 g/mol. The molecule has 7 heteroatoms. The monoisotopic (exact) mass is 513 g/mol. The minimum Gasteiger partial charge on any atom is -0.760 e. The van der Waals surface area contributed by atoms with Crippen molar-refractivity contribution in [2.75, 3.05) is 19.6 Å². The Kier molecular flexibility index (Phi) is 10.3. The van der Waals surface area contributed by atoms with E-state index in [1.165, 1.54) is 55.4 Å². The van der Waals surface area contributed by atoms with E-state index in [9.17, 15) is 8.76 Å². The van der Waals surface area contributed by atoms with E-state index < -0.39 is 11.3 Å². The van der Waals surface area contributed by atoms with Crippen LogP contribution in [0.3, 0.4) is 0 Å². The fourth-order valence-corrected chi connectivity index (χ4v) is 6.00. The molecule has 1 N–H and O–H groups in total. The first kappa shape index (κ1) is 25.2. The summed E-state index contributed by atoms with van der Waals surface area (Å²) in [6.45, 7) is 7.75. The molecule has 1 unspecified atom stereocenters. The van der Waals surface area contributed by atoms with Crippen LogP contribution >= 0.6 is 15.9 Å². The molecule has 31 heavy (non-hydrogen) atoms. The van der Waals surface area contributed by atoms with Crippen molar-refractivity contribution in [2.24, 2.45) is 11.8 Å². The second-order valence-corrected chi connectivity index (χ2v) is 11.2. The molecule has 2 aliphatic rings. The van der Waals surface area contributed by atoms with Crippen LogP contribution in [-0.4, -0.2) is 45.4 Å². The van der Waals surface area contributed by atoms with E-state index in [0.29, 0.717) is 0 Å². The summed E-state index contributed by atoms with van der Waals surface area (Å²) in [7, 11) is 0. The molecule has 1 aromatic rings. The van der Waals surface area contributed by atoms with Gasteiger partial charge in [0.1, 0.15) is 5.75 Å². The van der Waals surface area contributed by atoms with Crippen molar-refractivity contribution in [3.63, 3.8) is 0 Å². The van der Waals surface area contributed by atoms with Gasteiger partial charge in [0, 0.05) is 21.8 Å². The number of rotatable bonds is 10. The molecule has 3 rings (SSSR count). The van der Waals surface area contributed by atoms with Gasteiger partial charge in [0.2, 0.25) is 0 Å². The van der Waals surface area contributed by atoms with Crippen LogP contribution in [0.5, 0.6) is 5.75 Å². The molecule has 1 aromatic carbocycles. The van der Waals surface area contributed by atoms with E-state index in [1.54, 1.807) is 0 Å². The molecule has 1 aliphatic carbocycles. The van der Waals surface area contributed by atoms with Crippen molar-refractivity contribution in [3.8, 4) is 5.75 Å². The normalized spacial score (nSPS) is 24.4. The molecule has 0 amide bonds. The molecule has 1 heterocycles. The first-order chi connectivity index (χ1) is 14.9. The summed E-state index contributed by atoms with van der Waals surface area (Å²) in [5, 5.41) is 0. The molecule has 5 nitrogen and oxygen atoms in total. The van der Waals surface area contributed by atoms with Crippen LogP contribution in [0.15, 0.2) is 22.7 Å². The maximum Gasteiger partial charge on any atom is 0.120 e. The van der Waals surface area contributed by atoms with Crippen LogP contribution in [0.2, 0.25) is 0 Å². The van der Waals surface area contributed by atoms with Gasteiger partial charge in [-0.3, -0.25) is 4.21 Å². The maximum atomic E-state index is 10.8. The summed E-state index contributed by atoms with van der Waals surface area (Å²) in [6, 6.07) is 6.52. The zero-order chi connectivity index (χ0) is 22.2. The van der Waals surface area contributed by atoms with E-state index in [1.807, 2.05) is 6.07 Å². The number of hydrogen-bond acceptors (Lipinski definition) is 4. The second-order valence-electron chi connectivity index (χ2n) is 9.62. The zero-order valence-electron chi connectivity index (χ0n) is 19.0. The Balaban J connectivity index is 1.33. The highest BCUT2D eigenvalue weighted by atomic mass is 79.9. The van der Waals surface area contributed by atoms with Gasteiger partial charge in [-0.25, -0.2) is 4.72 Å². The number of likely N-dealkylation sites (tertiary alicyclic amines) is 1. The van der Waals surface area contributed by atoms with Crippen LogP contribution in [0, 0.1) is 11.8 Å². The zero-order valence-corrected chi connectivity index (χ0v) is 21.4. The average molecular weight is 515 g/mol. The van der Waals surface area contributed by atoms with Crippen LogP contribution in [0.25, 0.3) is 0 Å². The number of ether oxygens (including phenoxy) is 1. The first-order valence-electron chi connectivity index (χ1n) is 11.9. The van der Waals surface area contributed by atoms with E-state index in [0.717, 1.165) is 49.7 Å². The quantitative estimate of drug-likeness (QED) is 0.436. The van der Waals surface area contributed by atoms with E-state index >= 15 is 0 Å². The van der Waals surface area contributed by atoms with Gasteiger partial charge in [0.05, 0.1) is 6.10 Å². The standard InChI is InChI=1S/C24H39BrN2O3S/c1-18(2)30-23-9-10-24(25)21(17-23)16-20-11-14-27(15-12-20)13-3-4-19-5-7-22(8-6-19)26-31(28)29/h9-10,17-20,22,26H,3-8,11-16H2,1-2H3,(H,28,29)/p-1. The fourth-order valence-electron chi connectivity index (χ4n) is 5.09. The average Bonchev–Trinajstić information content (AvgIpc) is 2.72. The van der Waals surface area contributed by atoms with Gasteiger partial charge in [-0.05, 0) is 127 Å². The number of nitrogens with zero attached hydrogens (tertiary/aromatic N) is 1. The molecule has 0 aromatic heterocycles. The highest BCUT2D eigenvalue weighted by Crippen LogP contribution is 2.30. The van der Waals surface area contributed by atoms with Gasteiger partial charge in [-0.2, -0.15) is 0 Å². The molecule has 1 atom stereocenters. The van der Waals surface area contributed by atoms with Gasteiger partial charge in [-0.1, -0.05) is 15.9 Å². The maximum absolute atomic E-state index is 10.8. The summed E-state index contributed by atoms with van der Waals surface area (Å²) in [4.78, 5) is 2.64. The van der Waals surface area contributed by atoms with Gasteiger partial charge < -0.3 is 14.2 Å². The van der Waals surface area contributed by atoms with Crippen molar-refractivity contribution >= 4 is 27.2 Å². The van der Waals surface area contributed by atoms with Crippen molar-refractivity contribution in [1.29, 1.82) is 0 Å². The summed E-state index contributed by atoms with van der Waals surface area (Å²) < 4.78 is 31.2. The number of halogens is 1. The van der Waals surface area contributed by atoms with Crippen molar-refractivity contribution in [2.45, 2.75) is 83.8 Å². The lowest BCUT2D eigenvalue weighted by Crippen LogP contribution is -2.36. The largest absolute Gasteiger partial charge is 0.760 e. The minimum atomic E-state index is -2.12. The lowest BCUT2D eigenvalue weighted by Gasteiger charge is -2.33. The van der Waals surface area contributed by atoms with Gasteiger partial charge in [-0.15, -0.1) is 0 Å². The van der Waals surface area contributed by atoms with Crippen LogP contribution < -0.4 is 9.46 Å². The minimum absolute atomic E-state index is 0.159. The Hall–Kier alpha value is -0.470. The predicted octanol–water partition coefficient (Wildman–Crippen LogP) is 5.21. The molecule has 2 fully saturated rings. The van der Waals surface area contributed by atoms with Crippen molar-refractivity contribution in [3.05, 3.63) is 28.2 Å². The van der Waals surface area contributed by atoms with Crippen LogP contribution in [-0.2, 0) is 17.7 Å². The number of piperidine rings is 1. The van der Waals surface area contributed by atoms with Gasteiger partial charge >= 0.3 is 0 Å². The van der Waals surface area contributed by atoms with Crippen LogP contribution in [0.1, 0.15) is 70.8 Å². The van der Waals surface area contributed by atoms with Crippen LogP contribution in [0.4, 0.5) is 0 Å². The summed E-state index contributed by atoms with van der Waals surface area (Å²) in [5.41, 5.74) is 1.36. The Morgan fingerprint density at radius 2 is 1.87 bits per heavy atom. The summed E-state index contributed by atoms with van der Waals surface area (Å²) in [6.07, 6.45) is 10.7. The third kappa shape index (κ3) is 8.77. The summed E-state index contributed by atoms with van der Waals surface area (Å²) >= 11 is 1.60. The molecule has 0 spiro atoms. The third-order valence-corrected chi connectivity index (χ3v) is 8.10. The Bertz CT molecular complexity index is 702. The molecule has 0 bridgehead atoms. The molecule has 176 valence electrons. The number of benzene rings is 1. The number of nitrogens with one attached hydrogen (secondary N) is 1. The highest BCUT2D eigenvalue weighted by molar-refractivity contribution is 9.10. The Morgan fingerprint density at radius 1 is 1.16 bits per heavy atom. The lowest BCUT2D eigenvalue weighted by atomic mass is 9.83. The third-order valence-electron chi connectivity index (χ3n) is 6.80. The Morgan fingerprint density at radius 3 is 2.52 bits per heavy atom. The molecule has 1 aliphatic heterocycles. The first-order valence-corrected chi connectivity index (χ1v) is 13.8. The van der Waals surface area contributed by atoms with E-state index in [2.05, 4.69) is 51.5 Å². The molecule has 1 saturated heterocycles. The topological polar surface area (TPSA) is 64.6 Å². The van der Waals surface area contributed by atoms with E-state index in [4.69, 9.17) is 4.74 Å². The fraction of sp³-hybridized carbons (Fsp3) is 0.750. The van der Waals surface area contributed by atoms with Gasteiger partial charge in [0.15, 0.2) is 0 Å². The molecular formula is C24H38BrN2O3S-. The second kappa shape index (κ2) is 12.7. The van der Waals surface area contributed by atoms with Gasteiger partial charge in [0.25, 0.3) is 0 Å². The Labute approximate surface area is 199 Å². The number of hydrogen-bond donors (Lipinski definition) is 1. The SMILES string of the molecule is CC(C)Oc1ccc(Br)c(CC2CCN(CCCC3CCC(NS(=O)[O-])CC3)CC2)c1. The smallest absolute Gasteiger partial charge is 0.120 e. The highest BCUT2D eigenvalue weighted by Gasteiger charge is 2.23. The molecule has 1 saturated carbocycles. The lowest BCUT2D eigenvalue weighted by molar-refractivity contribution is 0.174. The summed E-state index contributed by atoms with van der Waals surface area (Å²) in [5.74, 6) is 2.49.